The van der Waals surface area contributed by atoms with Crippen molar-refractivity contribution in [2.24, 2.45) is 11.7 Å². The smallest absolute Gasteiger partial charge is 0.0461 e. The third-order valence-corrected chi connectivity index (χ3v) is 2.85. The Hall–Kier alpha value is -0.540. The zero-order valence-electron chi connectivity index (χ0n) is 7.92. The fourth-order valence-electron chi connectivity index (χ4n) is 1.15. The molecule has 0 heterocycles. The molecule has 1 rings (SSSR count). The molecule has 0 bridgehead atoms. The molecule has 4 N–H and O–H groups in total. The summed E-state index contributed by atoms with van der Waals surface area (Å²) in [6.07, 6.45) is 0. The summed E-state index contributed by atoms with van der Waals surface area (Å²) < 4.78 is 0.923. The summed E-state index contributed by atoms with van der Waals surface area (Å²) in [6, 6.07) is 5.93. The van der Waals surface area contributed by atoms with Crippen molar-refractivity contribution >= 4 is 21.6 Å². The molecule has 0 saturated carbocycles. The Balaban J connectivity index is 2.97. The van der Waals surface area contributed by atoms with Gasteiger partial charge in [-0.1, -0.05) is 19.9 Å². The maximum atomic E-state index is 5.99. The third-order valence-electron chi connectivity index (χ3n) is 2.12. The fourth-order valence-corrected chi connectivity index (χ4v) is 1.40. The number of nitrogens with two attached hydrogens (primary N) is 2. The van der Waals surface area contributed by atoms with Crippen molar-refractivity contribution in [2.45, 2.75) is 19.9 Å². The minimum absolute atomic E-state index is 0.0652. The molecule has 72 valence electrons. The number of nitrogen functional groups attached to an aromatic ring is 1. The van der Waals surface area contributed by atoms with Crippen LogP contribution in [-0.2, 0) is 0 Å². The van der Waals surface area contributed by atoms with Crippen molar-refractivity contribution in [3.63, 3.8) is 0 Å². The van der Waals surface area contributed by atoms with Crippen molar-refractivity contribution in [3.05, 3.63) is 28.2 Å². The highest BCUT2D eigenvalue weighted by atomic mass is 79.9. The van der Waals surface area contributed by atoms with Crippen LogP contribution < -0.4 is 11.5 Å². The van der Waals surface area contributed by atoms with Crippen molar-refractivity contribution in [1.29, 1.82) is 0 Å². The molecule has 0 fully saturated rings. The van der Waals surface area contributed by atoms with Gasteiger partial charge in [-0.05, 0) is 39.5 Å². The first-order chi connectivity index (χ1) is 6.02. The lowest BCUT2D eigenvalue weighted by Crippen LogP contribution is -2.16. The minimum Gasteiger partial charge on any atom is -0.398 e. The number of rotatable bonds is 2. The molecule has 1 unspecified atom stereocenters. The van der Waals surface area contributed by atoms with Crippen molar-refractivity contribution < 1.29 is 0 Å². The van der Waals surface area contributed by atoms with E-state index in [4.69, 9.17) is 11.5 Å². The van der Waals surface area contributed by atoms with Gasteiger partial charge in [0.25, 0.3) is 0 Å². The summed E-state index contributed by atoms with van der Waals surface area (Å²) in [7, 11) is 0. The van der Waals surface area contributed by atoms with E-state index in [1.807, 2.05) is 18.2 Å². The lowest BCUT2D eigenvalue weighted by molar-refractivity contribution is 0.514. The van der Waals surface area contributed by atoms with Gasteiger partial charge in [0.1, 0.15) is 0 Å². The van der Waals surface area contributed by atoms with Gasteiger partial charge in [0.05, 0.1) is 0 Å². The zero-order valence-corrected chi connectivity index (χ0v) is 9.51. The van der Waals surface area contributed by atoms with Gasteiger partial charge in [-0.2, -0.15) is 0 Å². The lowest BCUT2D eigenvalue weighted by atomic mass is 9.97. The van der Waals surface area contributed by atoms with Crippen LogP contribution in [0.3, 0.4) is 0 Å². The van der Waals surface area contributed by atoms with E-state index >= 15 is 0 Å². The maximum absolute atomic E-state index is 5.99. The highest BCUT2D eigenvalue weighted by Crippen LogP contribution is 2.25. The van der Waals surface area contributed by atoms with Crippen LogP contribution in [0.1, 0.15) is 25.5 Å². The monoisotopic (exact) mass is 242 g/mol. The first-order valence-corrected chi connectivity index (χ1v) is 5.12. The van der Waals surface area contributed by atoms with Gasteiger partial charge in [0, 0.05) is 16.2 Å². The summed E-state index contributed by atoms with van der Waals surface area (Å²) in [5, 5.41) is 0. The Bertz CT molecular complexity index is 297. The molecule has 2 nitrogen and oxygen atoms in total. The molecule has 0 radical (unpaired) electrons. The van der Waals surface area contributed by atoms with Crippen LogP contribution in [0.15, 0.2) is 22.7 Å². The van der Waals surface area contributed by atoms with E-state index in [0.717, 1.165) is 15.7 Å². The molecule has 1 aromatic rings. The predicted molar refractivity (Wildman–Crippen MR) is 60.3 cm³/mol. The average molecular weight is 243 g/mol. The Kier molecular flexibility index (Phi) is 3.33. The van der Waals surface area contributed by atoms with Gasteiger partial charge >= 0.3 is 0 Å². The zero-order chi connectivity index (χ0) is 10.0. The van der Waals surface area contributed by atoms with Crippen LogP contribution in [0.4, 0.5) is 5.69 Å². The van der Waals surface area contributed by atoms with Gasteiger partial charge in [-0.15, -0.1) is 0 Å². The summed E-state index contributed by atoms with van der Waals surface area (Å²) in [4.78, 5) is 0. The Morgan fingerprint density at radius 2 is 1.92 bits per heavy atom. The highest BCUT2D eigenvalue weighted by molar-refractivity contribution is 9.10. The molecule has 0 aliphatic rings. The molecule has 13 heavy (non-hydrogen) atoms. The molecule has 0 aliphatic heterocycles. The van der Waals surface area contributed by atoms with E-state index in [9.17, 15) is 0 Å². The normalized spacial score (nSPS) is 13.3. The Morgan fingerprint density at radius 3 is 2.38 bits per heavy atom. The predicted octanol–water partition coefficient (Wildman–Crippen LogP) is 2.69. The molecule has 0 spiro atoms. The second kappa shape index (κ2) is 4.11. The number of anilines is 1. The molecule has 0 aromatic heterocycles. The standard InChI is InChI=1S/C10H15BrN2/c1-6(2)10(13)7-3-4-8(11)9(12)5-7/h3-6,10H,12-13H2,1-2H3. The summed E-state index contributed by atoms with van der Waals surface area (Å²) in [5.74, 6) is 0.431. The maximum Gasteiger partial charge on any atom is 0.0461 e. The topological polar surface area (TPSA) is 52.0 Å². The van der Waals surface area contributed by atoms with Gasteiger partial charge < -0.3 is 11.5 Å². The Labute approximate surface area is 87.4 Å². The van der Waals surface area contributed by atoms with E-state index < -0.39 is 0 Å². The van der Waals surface area contributed by atoms with Crippen LogP contribution in [0.25, 0.3) is 0 Å². The van der Waals surface area contributed by atoms with Crippen LogP contribution in [0.2, 0.25) is 0 Å². The van der Waals surface area contributed by atoms with Crippen molar-refractivity contribution in [1.82, 2.24) is 0 Å². The van der Waals surface area contributed by atoms with E-state index in [-0.39, 0.29) is 6.04 Å². The van der Waals surface area contributed by atoms with Gasteiger partial charge in [0.2, 0.25) is 0 Å². The SMILES string of the molecule is CC(C)C(N)c1ccc(Br)c(N)c1. The number of halogens is 1. The lowest BCUT2D eigenvalue weighted by Gasteiger charge is -2.16. The summed E-state index contributed by atoms with van der Waals surface area (Å²) in [6.45, 7) is 4.20. The second-order valence-corrected chi connectivity index (χ2v) is 4.41. The third kappa shape index (κ3) is 2.45. The van der Waals surface area contributed by atoms with Gasteiger partial charge in [-0.25, -0.2) is 0 Å². The summed E-state index contributed by atoms with van der Waals surface area (Å²) in [5.41, 5.74) is 13.6. The molecule has 0 amide bonds. The van der Waals surface area contributed by atoms with Crippen LogP contribution >= 0.6 is 15.9 Å². The number of hydrogen-bond acceptors (Lipinski definition) is 2. The first kappa shape index (κ1) is 10.5. The number of hydrogen-bond donors (Lipinski definition) is 2. The largest absolute Gasteiger partial charge is 0.398 e. The highest BCUT2D eigenvalue weighted by Gasteiger charge is 2.10. The van der Waals surface area contributed by atoms with Crippen molar-refractivity contribution in [3.8, 4) is 0 Å². The van der Waals surface area contributed by atoms with E-state index in [0.29, 0.717) is 5.92 Å². The van der Waals surface area contributed by atoms with Crippen LogP contribution in [0.5, 0.6) is 0 Å². The number of benzene rings is 1. The van der Waals surface area contributed by atoms with Gasteiger partial charge in [0.15, 0.2) is 0 Å². The van der Waals surface area contributed by atoms with E-state index in [2.05, 4.69) is 29.8 Å². The first-order valence-electron chi connectivity index (χ1n) is 4.33. The molecule has 1 atom stereocenters. The van der Waals surface area contributed by atoms with Crippen molar-refractivity contribution in [2.75, 3.05) is 5.73 Å². The van der Waals surface area contributed by atoms with E-state index in [1.165, 1.54) is 0 Å². The average Bonchev–Trinajstić information content (AvgIpc) is 2.08. The Morgan fingerprint density at radius 1 is 1.31 bits per heavy atom. The van der Waals surface area contributed by atoms with Crippen LogP contribution in [0, 0.1) is 5.92 Å². The van der Waals surface area contributed by atoms with Gasteiger partial charge in [-0.3, -0.25) is 0 Å². The molecule has 1 aromatic carbocycles. The quantitative estimate of drug-likeness (QED) is 0.784. The molecular weight excluding hydrogens is 228 g/mol. The molecular formula is C10H15BrN2. The molecule has 0 saturated heterocycles. The fraction of sp³-hybridized carbons (Fsp3) is 0.400. The molecule has 0 aliphatic carbocycles. The summed E-state index contributed by atoms with van der Waals surface area (Å²) >= 11 is 3.35. The minimum atomic E-state index is 0.0652. The van der Waals surface area contributed by atoms with E-state index in [1.54, 1.807) is 0 Å². The molecule has 3 heteroatoms. The second-order valence-electron chi connectivity index (χ2n) is 3.55. The van der Waals surface area contributed by atoms with Crippen LogP contribution in [-0.4, -0.2) is 0 Å².